The second-order valence-corrected chi connectivity index (χ2v) is 6.50. The number of rotatable bonds is 2. The van der Waals surface area contributed by atoms with Gasteiger partial charge in [-0.05, 0) is 29.5 Å². The molecule has 0 bridgehead atoms. The number of hydrogen-bond acceptors (Lipinski definition) is 3. The van der Waals surface area contributed by atoms with E-state index in [0.717, 1.165) is 19.6 Å². The van der Waals surface area contributed by atoms with Gasteiger partial charge in [0.25, 0.3) is 0 Å². The summed E-state index contributed by atoms with van der Waals surface area (Å²) in [7, 11) is 2.18. The molecule has 106 valence electrons. The minimum atomic E-state index is 0.189. The molecule has 0 radical (unpaired) electrons. The fourth-order valence-corrected chi connectivity index (χ4v) is 2.69. The molecule has 3 nitrogen and oxygen atoms in total. The van der Waals surface area contributed by atoms with Crippen LogP contribution >= 0.6 is 0 Å². The van der Waals surface area contributed by atoms with Gasteiger partial charge in [-0.25, -0.2) is 0 Å². The van der Waals surface area contributed by atoms with E-state index >= 15 is 0 Å². The van der Waals surface area contributed by atoms with Crippen LogP contribution in [-0.2, 0) is 5.41 Å². The molecule has 0 aliphatic carbocycles. The van der Waals surface area contributed by atoms with Crippen molar-refractivity contribution in [1.29, 1.82) is 0 Å². The van der Waals surface area contributed by atoms with Crippen LogP contribution in [0.1, 0.15) is 32.8 Å². The molecule has 0 fully saturated rings. The first-order chi connectivity index (χ1) is 8.93. The molecular formula is C16H27N3. The lowest BCUT2D eigenvalue weighted by molar-refractivity contribution is 0.590. The summed E-state index contributed by atoms with van der Waals surface area (Å²) in [6, 6.07) is 6.89. The Morgan fingerprint density at radius 1 is 1.16 bits per heavy atom. The summed E-state index contributed by atoms with van der Waals surface area (Å²) in [4.78, 5) is 4.80. The summed E-state index contributed by atoms with van der Waals surface area (Å²) < 4.78 is 0. The van der Waals surface area contributed by atoms with Crippen molar-refractivity contribution >= 4 is 11.4 Å². The molecule has 0 aromatic heterocycles. The number of hydrogen-bond donors (Lipinski definition) is 1. The van der Waals surface area contributed by atoms with Crippen LogP contribution < -0.4 is 15.5 Å². The molecule has 1 aromatic carbocycles. The fourth-order valence-electron chi connectivity index (χ4n) is 2.69. The van der Waals surface area contributed by atoms with Crippen molar-refractivity contribution in [2.45, 2.75) is 32.6 Å². The van der Waals surface area contributed by atoms with Crippen molar-refractivity contribution in [2.75, 3.05) is 43.0 Å². The Kier molecular flexibility index (Phi) is 4.04. The first kappa shape index (κ1) is 14.2. The minimum absolute atomic E-state index is 0.189. The smallest absolute Gasteiger partial charge is 0.0607 e. The molecular weight excluding hydrogens is 234 g/mol. The van der Waals surface area contributed by atoms with Crippen molar-refractivity contribution in [1.82, 2.24) is 0 Å². The van der Waals surface area contributed by atoms with Crippen molar-refractivity contribution in [2.24, 2.45) is 5.73 Å². The van der Waals surface area contributed by atoms with Crippen molar-refractivity contribution in [3.05, 3.63) is 23.8 Å². The fraction of sp³-hybridized carbons (Fsp3) is 0.625. The molecule has 0 saturated heterocycles. The summed E-state index contributed by atoms with van der Waals surface area (Å²) in [5.74, 6) is 0. The lowest BCUT2D eigenvalue weighted by atomic mass is 9.86. The van der Waals surface area contributed by atoms with E-state index in [1.807, 2.05) is 0 Å². The Hall–Kier alpha value is -1.22. The standard InChI is InChI=1S/C16H27N3/c1-16(2,3)13-6-7-14-15(12-13)19(11-8-17)10-5-9-18(14)4/h6-7,12H,5,8-11,17H2,1-4H3. The minimum Gasteiger partial charge on any atom is -0.373 e. The van der Waals surface area contributed by atoms with Crippen LogP contribution in [-0.4, -0.2) is 33.2 Å². The predicted molar refractivity (Wildman–Crippen MR) is 84.3 cm³/mol. The first-order valence-electron chi connectivity index (χ1n) is 7.24. The van der Waals surface area contributed by atoms with E-state index < -0.39 is 0 Å². The monoisotopic (exact) mass is 261 g/mol. The van der Waals surface area contributed by atoms with E-state index in [1.165, 1.54) is 23.4 Å². The highest BCUT2D eigenvalue weighted by atomic mass is 15.2. The molecule has 0 saturated carbocycles. The third kappa shape index (κ3) is 3.03. The largest absolute Gasteiger partial charge is 0.373 e. The molecule has 19 heavy (non-hydrogen) atoms. The highest BCUT2D eigenvalue weighted by Gasteiger charge is 2.21. The van der Waals surface area contributed by atoms with Crippen LogP contribution in [0, 0.1) is 0 Å². The zero-order valence-corrected chi connectivity index (χ0v) is 12.7. The molecule has 1 aromatic rings. The van der Waals surface area contributed by atoms with Gasteiger partial charge in [-0.1, -0.05) is 26.8 Å². The maximum atomic E-state index is 5.77. The average Bonchev–Trinajstić information content (AvgIpc) is 2.49. The Morgan fingerprint density at radius 3 is 2.53 bits per heavy atom. The highest BCUT2D eigenvalue weighted by molar-refractivity contribution is 5.73. The number of anilines is 2. The Balaban J connectivity index is 2.46. The van der Waals surface area contributed by atoms with Gasteiger partial charge in [-0.15, -0.1) is 0 Å². The van der Waals surface area contributed by atoms with Gasteiger partial charge >= 0.3 is 0 Å². The van der Waals surface area contributed by atoms with Gasteiger partial charge in [-0.2, -0.15) is 0 Å². The predicted octanol–water partition coefficient (Wildman–Crippen LogP) is 2.59. The van der Waals surface area contributed by atoms with Crippen molar-refractivity contribution in [3.8, 4) is 0 Å². The molecule has 2 N–H and O–H groups in total. The van der Waals surface area contributed by atoms with Gasteiger partial charge in [0.15, 0.2) is 0 Å². The Morgan fingerprint density at radius 2 is 1.89 bits per heavy atom. The highest BCUT2D eigenvalue weighted by Crippen LogP contribution is 2.35. The molecule has 3 heteroatoms. The Labute approximate surface area is 117 Å². The van der Waals surface area contributed by atoms with E-state index in [4.69, 9.17) is 5.73 Å². The topological polar surface area (TPSA) is 32.5 Å². The van der Waals surface area contributed by atoms with Crippen LogP contribution in [0.4, 0.5) is 11.4 Å². The molecule has 0 spiro atoms. The van der Waals surface area contributed by atoms with E-state index in [0.29, 0.717) is 6.54 Å². The maximum absolute atomic E-state index is 5.77. The van der Waals surface area contributed by atoms with E-state index in [2.05, 4.69) is 55.8 Å². The van der Waals surface area contributed by atoms with E-state index in [1.54, 1.807) is 0 Å². The third-order valence-electron chi connectivity index (χ3n) is 3.91. The van der Waals surface area contributed by atoms with E-state index in [-0.39, 0.29) is 5.41 Å². The lowest BCUT2D eigenvalue weighted by Crippen LogP contribution is -2.30. The van der Waals surface area contributed by atoms with Crippen LogP contribution in [0.2, 0.25) is 0 Å². The molecule has 2 rings (SSSR count). The van der Waals surface area contributed by atoms with Crippen molar-refractivity contribution < 1.29 is 0 Å². The normalized spacial score (nSPS) is 16.3. The summed E-state index contributed by atoms with van der Waals surface area (Å²) in [5.41, 5.74) is 10.0. The summed E-state index contributed by atoms with van der Waals surface area (Å²) >= 11 is 0. The SMILES string of the molecule is CN1CCCN(CCN)c2cc(C(C)(C)C)ccc21. The Bertz CT molecular complexity index is 434. The van der Waals surface area contributed by atoms with Gasteiger partial charge < -0.3 is 15.5 Å². The van der Waals surface area contributed by atoms with Gasteiger partial charge in [0, 0.05) is 33.2 Å². The van der Waals surface area contributed by atoms with Gasteiger partial charge in [0.05, 0.1) is 11.4 Å². The maximum Gasteiger partial charge on any atom is 0.0607 e. The quantitative estimate of drug-likeness (QED) is 0.888. The second kappa shape index (κ2) is 5.41. The molecule has 0 atom stereocenters. The molecule has 1 aliphatic rings. The van der Waals surface area contributed by atoms with Gasteiger partial charge in [0.1, 0.15) is 0 Å². The van der Waals surface area contributed by atoms with E-state index in [9.17, 15) is 0 Å². The van der Waals surface area contributed by atoms with Crippen LogP contribution in [0.5, 0.6) is 0 Å². The molecule has 1 heterocycles. The summed E-state index contributed by atoms with van der Waals surface area (Å²) in [6.07, 6.45) is 1.19. The third-order valence-corrected chi connectivity index (χ3v) is 3.91. The molecule has 0 amide bonds. The van der Waals surface area contributed by atoms with Gasteiger partial charge in [0.2, 0.25) is 0 Å². The molecule has 0 unspecified atom stereocenters. The number of nitrogens with two attached hydrogens (primary N) is 1. The van der Waals surface area contributed by atoms with Crippen LogP contribution in [0.15, 0.2) is 18.2 Å². The summed E-state index contributed by atoms with van der Waals surface area (Å²) in [5, 5.41) is 0. The number of benzene rings is 1. The van der Waals surface area contributed by atoms with Crippen LogP contribution in [0.25, 0.3) is 0 Å². The van der Waals surface area contributed by atoms with Crippen molar-refractivity contribution in [3.63, 3.8) is 0 Å². The molecule has 1 aliphatic heterocycles. The average molecular weight is 261 g/mol. The number of fused-ring (bicyclic) bond motifs is 1. The zero-order valence-electron chi connectivity index (χ0n) is 12.7. The lowest BCUT2D eigenvalue weighted by Gasteiger charge is -2.28. The summed E-state index contributed by atoms with van der Waals surface area (Å²) in [6.45, 7) is 10.7. The first-order valence-corrected chi connectivity index (χ1v) is 7.24. The second-order valence-electron chi connectivity index (χ2n) is 6.50. The zero-order chi connectivity index (χ0) is 14.0. The van der Waals surface area contributed by atoms with Gasteiger partial charge in [-0.3, -0.25) is 0 Å². The number of nitrogens with zero attached hydrogens (tertiary/aromatic N) is 2. The van der Waals surface area contributed by atoms with Crippen LogP contribution in [0.3, 0.4) is 0 Å².